The second-order valence-corrected chi connectivity index (χ2v) is 1.24. The van der Waals surface area contributed by atoms with Gasteiger partial charge in [0.1, 0.15) is 0 Å². The maximum atomic E-state index is 10.2. The zero-order valence-corrected chi connectivity index (χ0v) is 4.64. The average molecular weight is 129 g/mol. The first kappa shape index (κ1) is 7.87. The zero-order valence-electron chi connectivity index (χ0n) is 4.64. The molecule has 1 aromatic rings. The van der Waals surface area contributed by atoms with Crippen LogP contribution in [0.4, 0.5) is 0 Å². The third-order valence-corrected chi connectivity index (χ3v) is 0.688. The van der Waals surface area contributed by atoms with Gasteiger partial charge in [0.2, 0.25) is 0 Å². The number of aromatic nitrogens is 1. The Kier molecular flexibility index (Phi) is 4.39. The lowest BCUT2D eigenvalue weighted by Gasteiger charge is -1.88. The Morgan fingerprint density at radius 2 is 1.44 bits per heavy atom. The van der Waals surface area contributed by atoms with Crippen LogP contribution < -0.4 is 4.73 Å². The fourth-order valence-corrected chi connectivity index (χ4v) is 0.383. The molecule has 50 valence electrons. The van der Waals surface area contributed by atoms with Crippen LogP contribution in [0.5, 0.6) is 0 Å². The largest absolute Gasteiger partial charge is 0.619 e. The summed E-state index contributed by atoms with van der Waals surface area (Å²) in [6.45, 7) is 0. The van der Waals surface area contributed by atoms with Crippen molar-refractivity contribution in [2.45, 2.75) is 0 Å². The molecular weight excluding hydrogens is 122 g/mol. The van der Waals surface area contributed by atoms with Crippen LogP contribution in [0.2, 0.25) is 0 Å². The summed E-state index contributed by atoms with van der Waals surface area (Å²) in [5, 5.41) is 22.2. The summed E-state index contributed by atoms with van der Waals surface area (Å²) in [6, 6.07) is 5.18. The molecule has 0 fully saturated rings. The topological polar surface area (TPSA) is 67.4 Å². The molecule has 1 heterocycles. The van der Waals surface area contributed by atoms with Gasteiger partial charge in [-0.25, -0.2) is 0 Å². The van der Waals surface area contributed by atoms with Crippen LogP contribution in [-0.4, -0.2) is 10.5 Å². The summed E-state index contributed by atoms with van der Waals surface area (Å²) < 4.78 is 0.750. The minimum Gasteiger partial charge on any atom is -0.619 e. The second-order valence-electron chi connectivity index (χ2n) is 1.24. The van der Waals surface area contributed by atoms with Gasteiger partial charge in [-0.1, -0.05) is 6.07 Å². The predicted octanol–water partition coefficient (Wildman–Crippen LogP) is 0.337. The molecule has 0 aliphatic rings. The standard InChI is InChI=1S/C5H5NO.H2O2/c7-6-4-2-1-3-5-6;1-2/h1-5H;1-2H. The Labute approximate surface area is 52.1 Å². The summed E-state index contributed by atoms with van der Waals surface area (Å²) in [6.07, 6.45) is 2.89. The molecule has 0 atom stereocenters. The van der Waals surface area contributed by atoms with Gasteiger partial charge in [0.25, 0.3) is 0 Å². The fraction of sp³-hybridized carbons (Fsp3) is 0. The maximum Gasteiger partial charge on any atom is 0.180 e. The number of rotatable bonds is 0. The van der Waals surface area contributed by atoms with Gasteiger partial charge in [-0.3, -0.25) is 10.5 Å². The molecule has 2 N–H and O–H groups in total. The van der Waals surface area contributed by atoms with E-state index in [9.17, 15) is 5.21 Å². The Bertz CT molecular complexity index is 142. The molecule has 0 amide bonds. The normalized spacial score (nSPS) is 7.33. The van der Waals surface area contributed by atoms with E-state index < -0.39 is 0 Å². The molecule has 0 aromatic carbocycles. The van der Waals surface area contributed by atoms with Crippen molar-refractivity contribution in [1.82, 2.24) is 0 Å². The first-order chi connectivity index (χ1) is 4.39. The summed E-state index contributed by atoms with van der Waals surface area (Å²) in [4.78, 5) is 0. The van der Waals surface area contributed by atoms with Crippen molar-refractivity contribution in [3.05, 3.63) is 35.8 Å². The third kappa shape index (κ3) is 3.45. The van der Waals surface area contributed by atoms with E-state index >= 15 is 0 Å². The molecule has 4 nitrogen and oxygen atoms in total. The Morgan fingerprint density at radius 1 is 1.00 bits per heavy atom. The Balaban J connectivity index is 0.000000291. The van der Waals surface area contributed by atoms with Crippen molar-refractivity contribution >= 4 is 0 Å². The minimum atomic E-state index is 0.750. The van der Waals surface area contributed by atoms with Gasteiger partial charge in [-0.05, 0) is 0 Å². The van der Waals surface area contributed by atoms with Crippen LogP contribution in [0.1, 0.15) is 0 Å². The first-order valence-electron chi connectivity index (χ1n) is 2.23. The lowest BCUT2D eigenvalue weighted by molar-refractivity contribution is -0.605. The van der Waals surface area contributed by atoms with Crippen molar-refractivity contribution in [2.75, 3.05) is 0 Å². The summed E-state index contributed by atoms with van der Waals surface area (Å²) in [7, 11) is 0. The fourth-order valence-electron chi connectivity index (χ4n) is 0.383. The van der Waals surface area contributed by atoms with Crippen molar-refractivity contribution in [3.63, 3.8) is 0 Å². The molecule has 0 aliphatic carbocycles. The number of pyridine rings is 1. The van der Waals surface area contributed by atoms with E-state index in [-0.39, 0.29) is 0 Å². The lowest BCUT2D eigenvalue weighted by atomic mass is 10.5. The van der Waals surface area contributed by atoms with Crippen molar-refractivity contribution in [1.29, 1.82) is 0 Å². The molecule has 0 radical (unpaired) electrons. The number of hydrogen-bond donors (Lipinski definition) is 2. The van der Waals surface area contributed by atoms with Crippen LogP contribution in [-0.2, 0) is 0 Å². The van der Waals surface area contributed by atoms with Gasteiger partial charge in [0.05, 0.1) is 0 Å². The molecule has 0 aliphatic heterocycles. The van der Waals surface area contributed by atoms with Crippen LogP contribution in [0.3, 0.4) is 0 Å². The average Bonchev–Trinajstić information content (AvgIpc) is 1.94. The minimum absolute atomic E-state index is 0.750. The van der Waals surface area contributed by atoms with Crippen LogP contribution in [0.25, 0.3) is 0 Å². The van der Waals surface area contributed by atoms with Gasteiger partial charge in [-0.15, -0.1) is 0 Å². The summed E-state index contributed by atoms with van der Waals surface area (Å²) >= 11 is 0. The van der Waals surface area contributed by atoms with E-state index in [1.165, 1.54) is 12.4 Å². The summed E-state index contributed by atoms with van der Waals surface area (Å²) in [5.41, 5.74) is 0. The smallest absolute Gasteiger partial charge is 0.180 e. The Hall–Kier alpha value is -1.13. The van der Waals surface area contributed by atoms with Crippen molar-refractivity contribution in [2.24, 2.45) is 0 Å². The molecule has 0 saturated carbocycles. The predicted molar refractivity (Wildman–Crippen MR) is 30.7 cm³/mol. The van der Waals surface area contributed by atoms with E-state index in [1.807, 2.05) is 0 Å². The highest BCUT2D eigenvalue weighted by atomic mass is 17.0. The van der Waals surface area contributed by atoms with Gasteiger partial charge >= 0.3 is 0 Å². The quantitative estimate of drug-likeness (QED) is 0.229. The molecule has 0 bridgehead atoms. The summed E-state index contributed by atoms with van der Waals surface area (Å²) in [5.74, 6) is 0. The first-order valence-corrected chi connectivity index (χ1v) is 2.23. The Morgan fingerprint density at radius 3 is 1.67 bits per heavy atom. The SMILES string of the molecule is OO.[O-][n+]1ccccc1. The van der Waals surface area contributed by atoms with E-state index in [0.717, 1.165) is 4.73 Å². The van der Waals surface area contributed by atoms with Crippen molar-refractivity contribution in [3.8, 4) is 0 Å². The van der Waals surface area contributed by atoms with Gasteiger partial charge in [-0.2, -0.15) is 4.73 Å². The molecule has 9 heavy (non-hydrogen) atoms. The second kappa shape index (κ2) is 5.02. The molecule has 0 spiro atoms. The highest BCUT2D eigenvalue weighted by molar-refractivity contribution is 4.83. The van der Waals surface area contributed by atoms with E-state index in [4.69, 9.17) is 10.5 Å². The molecular formula is C5H7NO3. The molecule has 1 rings (SSSR count). The van der Waals surface area contributed by atoms with E-state index in [2.05, 4.69) is 0 Å². The maximum absolute atomic E-state index is 10.2. The molecule has 4 heteroatoms. The number of hydrogen-bond acceptors (Lipinski definition) is 3. The highest BCUT2D eigenvalue weighted by Crippen LogP contribution is 1.72. The van der Waals surface area contributed by atoms with Crippen LogP contribution in [0.15, 0.2) is 30.6 Å². The third-order valence-electron chi connectivity index (χ3n) is 0.688. The van der Waals surface area contributed by atoms with Gasteiger partial charge in [0.15, 0.2) is 12.4 Å². The molecule has 0 unspecified atom stereocenters. The zero-order chi connectivity index (χ0) is 7.11. The van der Waals surface area contributed by atoms with Crippen LogP contribution >= 0.6 is 0 Å². The van der Waals surface area contributed by atoms with Gasteiger partial charge in [0, 0.05) is 12.1 Å². The van der Waals surface area contributed by atoms with E-state index in [0.29, 0.717) is 0 Å². The van der Waals surface area contributed by atoms with Gasteiger partial charge < -0.3 is 5.21 Å². The molecule has 0 saturated heterocycles. The van der Waals surface area contributed by atoms with Crippen LogP contribution in [0, 0.1) is 5.21 Å². The monoisotopic (exact) mass is 129 g/mol. The number of nitrogens with zero attached hydrogens (tertiary/aromatic N) is 1. The van der Waals surface area contributed by atoms with E-state index in [1.54, 1.807) is 18.2 Å². The highest BCUT2D eigenvalue weighted by Gasteiger charge is 1.74. The lowest BCUT2D eigenvalue weighted by Crippen LogP contribution is -2.22. The van der Waals surface area contributed by atoms with Crippen molar-refractivity contribution < 1.29 is 15.2 Å². The molecule has 1 aromatic heterocycles.